The molecule has 2 amide bonds. The van der Waals surface area contributed by atoms with E-state index in [0.717, 1.165) is 5.69 Å². The quantitative estimate of drug-likeness (QED) is 0.715. The molecule has 1 atom stereocenters. The molecule has 1 unspecified atom stereocenters. The Balaban J connectivity index is 1.77. The summed E-state index contributed by atoms with van der Waals surface area (Å²) >= 11 is 1.42. The maximum Gasteiger partial charge on any atom is 0.308 e. The van der Waals surface area contributed by atoms with E-state index in [1.54, 1.807) is 35.5 Å². The predicted molar refractivity (Wildman–Crippen MR) is 98.1 cm³/mol. The van der Waals surface area contributed by atoms with Gasteiger partial charge in [0.25, 0.3) is 11.8 Å². The molecule has 0 aliphatic carbocycles. The van der Waals surface area contributed by atoms with Crippen LogP contribution in [0.1, 0.15) is 35.1 Å². The maximum atomic E-state index is 12.2. The van der Waals surface area contributed by atoms with E-state index in [-0.39, 0.29) is 18.9 Å². The Labute approximate surface area is 155 Å². The van der Waals surface area contributed by atoms with Crippen LogP contribution in [0.2, 0.25) is 0 Å². The van der Waals surface area contributed by atoms with Gasteiger partial charge in [-0.2, -0.15) is 16.4 Å². The second-order valence-corrected chi connectivity index (χ2v) is 6.59. The molecule has 0 saturated carbocycles. The molecule has 2 heterocycles. The Morgan fingerprint density at radius 1 is 1.35 bits per heavy atom. The Morgan fingerprint density at radius 3 is 2.65 bits per heavy atom. The van der Waals surface area contributed by atoms with Crippen molar-refractivity contribution in [2.45, 2.75) is 33.3 Å². The lowest BCUT2D eigenvalue weighted by molar-refractivity contribution is -0.153. The summed E-state index contributed by atoms with van der Waals surface area (Å²) in [6.45, 7) is 5.26. The van der Waals surface area contributed by atoms with Gasteiger partial charge in [0, 0.05) is 24.5 Å². The number of anilines is 1. The Morgan fingerprint density at radius 2 is 2.08 bits per heavy atom. The van der Waals surface area contributed by atoms with Gasteiger partial charge in [-0.3, -0.25) is 19.1 Å². The summed E-state index contributed by atoms with van der Waals surface area (Å²) in [6, 6.07) is 1.70. The highest BCUT2D eigenvalue weighted by Gasteiger charge is 2.20. The zero-order valence-electron chi connectivity index (χ0n) is 15.2. The summed E-state index contributed by atoms with van der Waals surface area (Å²) in [4.78, 5) is 35.8. The SMILES string of the molecule is Cc1nn(C)c(C)c1NC(=O)C(C)OC(=O)CCNC(=O)c1ccsc1. The molecule has 8 nitrogen and oxygen atoms in total. The molecule has 0 aromatic carbocycles. The normalized spacial score (nSPS) is 11.7. The number of ether oxygens (including phenoxy) is 1. The van der Waals surface area contributed by atoms with Crippen LogP contribution in [0.4, 0.5) is 5.69 Å². The van der Waals surface area contributed by atoms with E-state index < -0.39 is 18.0 Å². The molecular weight excluding hydrogens is 356 g/mol. The molecule has 0 radical (unpaired) electrons. The van der Waals surface area contributed by atoms with Gasteiger partial charge in [0.15, 0.2) is 6.10 Å². The van der Waals surface area contributed by atoms with Gasteiger partial charge in [0.1, 0.15) is 0 Å². The van der Waals surface area contributed by atoms with E-state index in [0.29, 0.717) is 16.9 Å². The number of nitrogens with zero attached hydrogens (tertiary/aromatic N) is 2. The van der Waals surface area contributed by atoms with Crippen LogP contribution < -0.4 is 10.6 Å². The van der Waals surface area contributed by atoms with Crippen molar-refractivity contribution in [3.63, 3.8) is 0 Å². The molecule has 2 aromatic heterocycles. The van der Waals surface area contributed by atoms with E-state index in [9.17, 15) is 14.4 Å². The molecule has 2 N–H and O–H groups in total. The van der Waals surface area contributed by atoms with Crippen molar-refractivity contribution >= 4 is 34.8 Å². The number of carbonyl (C=O) groups excluding carboxylic acids is 3. The fraction of sp³-hybridized carbons (Fsp3) is 0.412. The Hall–Kier alpha value is -2.68. The summed E-state index contributed by atoms with van der Waals surface area (Å²) in [5.74, 6) is -1.23. The third-order valence-corrected chi connectivity index (χ3v) is 4.52. The van der Waals surface area contributed by atoms with Crippen LogP contribution in [0.5, 0.6) is 0 Å². The average molecular weight is 378 g/mol. The van der Waals surface area contributed by atoms with Crippen molar-refractivity contribution in [1.29, 1.82) is 0 Å². The van der Waals surface area contributed by atoms with Crippen molar-refractivity contribution in [2.75, 3.05) is 11.9 Å². The standard InChI is InChI=1S/C17H22N4O4S/c1-10-15(11(2)21(4)20-10)19-16(23)12(3)25-14(22)5-7-18-17(24)13-6-8-26-9-13/h6,8-9,12H,5,7H2,1-4H3,(H,18,24)(H,19,23). The Bertz CT molecular complexity index is 798. The van der Waals surface area contributed by atoms with Crippen LogP contribution >= 0.6 is 11.3 Å². The van der Waals surface area contributed by atoms with E-state index in [1.807, 2.05) is 6.92 Å². The minimum absolute atomic E-state index is 0.0154. The minimum Gasteiger partial charge on any atom is -0.452 e. The molecule has 26 heavy (non-hydrogen) atoms. The van der Waals surface area contributed by atoms with Crippen molar-refractivity contribution in [1.82, 2.24) is 15.1 Å². The first-order chi connectivity index (χ1) is 12.3. The summed E-state index contributed by atoms with van der Waals surface area (Å²) < 4.78 is 6.78. The van der Waals surface area contributed by atoms with Crippen molar-refractivity contribution in [2.24, 2.45) is 7.05 Å². The first-order valence-electron chi connectivity index (χ1n) is 8.10. The van der Waals surface area contributed by atoms with Crippen LogP contribution in [-0.4, -0.2) is 40.2 Å². The molecule has 2 aromatic rings. The summed E-state index contributed by atoms with van der Waals surface area (Å²) in [6.07, 6.45) is -0.965. The van der Waals surface area contributed by atoms with Gasteiger partial charge in [-0.1, -0.05) is 0 Å². The van der Waals surface area contributed by atoms with Crippen LogP contribution in [0, 0.1) is 13.8 Å². The van der Waals surface area contributed by atoms with Crippen LogP contribution in [0.3, 0.4) is 0 Å². The van der Waals surface area contributed by atoms with Crippen molar-refractivity contribution in [3.8, 4) is 0 Å². The van der Waals surface area contributed by atoms with E-state index in [2.05, 4.69) is 15.7 Å². The molecule has 9 heteroatoms. The van der Waals surface area contributed by atoms with Gasteiger partial charge in [-0.05, 0) is 32.2 Å². The summed E-state index contributed by atoms with van der Waals surface area (Å²) in [5, 5.41) is 13.1. The zero-order valence-corrected chi connectivity index (χ0v) is 16.0. The number of nitrogens with one attached hydrogen (secondary N) is 2. The molecular formula is C17H22N4O4S. The molecule has 0 aliphatic rings. The molecule has 0 spiro atoms. The lowest BCUT2D eigenvalue weighted by atomic mass is 10.3. The number of amides is 2. The van der Waals surface area contributed by atoms with E-state index >= 15 is 0 Å². The van der Waals surface area contributed by atoms with E-state index in [1.165, 1.54) is 18.3 Å². The van der Waals surface area contributed by atoms with Gasteiger partial charge in [0.05, 0.1) is 23.5 Å². The maximum absolute atomic E-state index is 12.2. The Kier molecular flexibility index (Phi) is 6.51. The lowest BCUT2D eigenvalue weighted by Gasteiger charge is -2.14. The fourth-order valence-electron chi connectivity index (χ4n) is 2.26. The number of hydrogen-bond donors (Lipinski definition) is 2. The smallest absolute Gasteiger partial charge is 0.308 e. The number of rotatable bonds is 7. The van der Waals surface area contributed by atoms with Gasteiger partial charge >= 0.3 is 5.97 Å². The molecule has 0 aliphatic heterocycles. The molecule has 0 saturated heterocycles. The largest absolute Gasteiger partial charge is 0.452 e. The number of carbonyl (C=O) groups is 3. The second kappa shape index (κ2) is 8.61. The number of aromatic nitrogens is 2. The minimum atomic E-state index is -0.950. The zero-order chi connectivity index (χ0) is 19.3. The lowest BCUT2D eigenvalue weighted by Crippen LogP contribution is -2.32. The predicted octanol–water partition coefficient (Wildman–Crippen LogP) is 1.79. The molecule has 2 rings (SSSR count). The first kappa shape index (κ1) is 19.6. The first-order valence-corrected chi connectivity index (χ1v) is 9.04. The molecule has 140 valence electrons. The number of thiophene rings is 1. The number of hydrogen-bond acceptors (Lipinski definition) is 6. The average Bonchev–Trinajstić information content (AvgIpc) is 3.19. The van der Waals surface area contributed by atoms with Gasteiger partial charge in [0.2, 0.25) is 0 Å². The molecule has 0 bridgehead atoms. The summed E-state index contributed by atoms with van der Waals surface area (Å²) in [5.41, 5.74) is 2.67. The number of esters is 1. The van der Waals surface area contributed by atoms with Crippen LogP contribution in [0.15, 0.2) is 16.8 Å². The second-order valence-electron chi connectivity index (χ2n) is 5.81. The van der Waals surface area contributed by atoms with Gasteiger partial charge in [-0.25, -0.2) is 0 Å². The van der Waals surface area contributed by atoms with Crippen LogP contribution in [-0.2, 0) is 21.4 Å². The fourth-order valence-corrected chi connectivity index (χ4v) is 2.90. The topological polar surface area (TPSA) is 102 Å². The third-order valence-electron chi connectivity index (χ3n) is 3.83. The van der Waals surface area contributed by atoms with Crippen molar-refractivity contribution in [3.05, 3.63) is 33.8 Å². The van der Waals surface area contributed by atoms with E-state index in [4.69, 9.17) is 4.74 Å². The summed E-state index contributed by atoms with van der Waals surface area (Å²) in [7, 11) is 1.78. The molecule has 0 fully saturated rings. The van der Waals surface area contributed by atoms with Gasteiger partial charge in [-0.15, -0.1) is 0 Å². The van der Waals surface area contributed by atoms with Crippen molar-refractivity contribution < 1.29 is 19.1 Å². The highest BCUT2D eigenvalue weighted by atomic mass is 32.1. The highest BCUT2D eigenvalue weighted by molar-refractivity contribution is 7.08. The third kappa shape index (κ3) is 4.92. The van der Waals surface area contributed by atoms with Crippen LogP contribution in [0.25, 0.3) is 0 Å². The van der Waals surface area contributed by atoms with Gasteiger partial charge < -0.3 is 15.4 Å². The monoisotopic (exact) mass is 378 g/mol. The highest BCUT2D eigenvalue weighted by Crippen LogP contribution is 2.18. The number of aryl methyl sites for hydroxylation is 2.